The van der Waals surface area contributed by atoms with Gasteiger partial charge in [-0.05, 0) is 12.8 Å². The zero-order valence-electron chi connectivity index (χ0n) is 11.0. The minimum Gasteiger partial charge on any atom is -0.465 e. The number of hydrogen-bond donors (Lipinski definition) is 1. The molecule has 20 heavy (non-hydrogen) atoms. The Morgan fingerprint density at radius 1 is 1.65 bits per heavy atom. The van der Waals surface area contributed by atoms with Crippen molar-refractivity contribution in [3.63, 3.8) is 0 Å². The van der Waals surface area contributed by atoms with Gasteiger partial charge >= 0.3 is 11.7 Å². The molecule has 0 aliphatic carbocycles. The predicted octanol–water partition coefficient (Wildman–Crippen LogP) is 0.737. The number of pyridine rings is 1. The van der Waals surface area contributed by atoms with Gasteiger partial charge in [-0.2, -0.15) is 0 Å². The third-order valence-corrected chi connectivity index (χ3v) is 3.16. The van der Waals surface area contributed by atoms with Gasteiger partial charge in [0.1, 0.15) is 0 Å². The Kier molecular flexibility index (Phi) is 4.14. The van der Waals surface area contributed by atoms with Gasteiger partial charge in [0, 0.05) is 25.4 Å². The van der Waals surface area contributed by atoms with Crippen LogP contribution in [0, 0.1) is 10.1 Å². The number of anilines is 1. The van der Waals surface area contributed by atoms with Crippen molar-refractivity contribution in [2.45, 2.75) is 18.9 Å². The summed E-state index contributed by atoms with van der Waals surface area (Å²) in [6, 6.07) is 1.15. The van der Waals surface area contributed by atoms with Crippen LogP contribution in [0.2, 0.25) is 0 Å². The zero-order valence-corrected chi connectivity index (χ0v) is 11.0. The van der Waals surface area contributed by atoms with Gasteiger partial charge in [-0.3, -0.25) is 10.1 Å². The summed E-state index contributed by atoms with van der Waals surface area (Å²) in [6.07, 6.45) is 2.13. The van der Waals surface area contributed by atoms with Crippen LogP contribution < -0.4 is 4.90 Å². The zero-order chi connectivity index (χ0) is 14.7. The number of aromatic nitrogens is 1. The summed E-state index contributed by atoms with van der Waals surface area (Å²) in [4.78, 5) is 27.6. The number of esters is 1. The molecule has 1 fully saturated rings. The van der Waals surface area contributed by atoms with Crippen LogP contribution in [-0.4, -0.2) is 47.3 Å². The van der Waals surface area contributed by atoms with E-state index in [0.717, 1.165) is 12.5 Å². The summed E-state index contributed by atoms with van der Waals surface area (Å²) < 4.78 is 4.52. The highest BCUT2D eigenvalue weighted by atomic mass is 16.6. The highest BCUT2D eigenvalue weighted by Gasteiger charge is 2.27. The molecular formula is C12H15N3O5. The van der Waals surface area contributed by atoms with Crippen LogP contribution >= 0.6 is 0 Å². The molecule has 0 aromatic carbocycles. The van der Waals surface area contributed by atoms with E-state index in [0.29, 0.717) is 19.5 Å². The van der Waals surface area contributed by atoms with Crippen LogP contribution in [0.3, 0.4) is 0 Å². The predicted molar refractivity (Wildman–Crippen MR) is 69.7 cm³/mol. The number of nitrogens with zero attached hydrogens (tertiary/aromatic N) is 3. The minimum atomic E-state index is -0.675. The molecular weight excluding hydrogens is 266 g/mol. The molecule has 1 saturated heterocycles. The standard InChI is InChI=1S/C12H15N3O5/c1-20-12(17)8-5-10(15(18)19)11(13-6-8)14-4-2-3-9(16)7-14/h5-6,9,16H,2-4,7H2,1H3. The number of methoxy groups -OCH3 is 1. The number of rotatable bonds is 3. The molecule has 1 unspecified atom stereocenters. The number of aliphatic hydroxyl groups is 1. The van der Waals surface area contributed by atoms with E-state index in [1.165, 1.54) is 13.3 Å². The summed E-state index contributed by atoms with van der Waals surface area (Å²) in [5.74, 6) is -0.507. The number of ether oxygens (including phenoxy) is 1. The largest absolute Gasteiger partial charge is 0.465 e. The molecule has 0 radical (unpaired) electrons. The van der Waals surface area contributed by atoms with Crippen molar-refractivity contribution in [1.29, 1.82) is 0 Å². The van der Waals surface area contributed by atoms with Crippen molar-refractivity contribution in [1.82, 2.24) is 4.98 Å². The summed E-state index contributed by atoms with van der Waals surface area (Å²) in [7, 11) is 1.20. The number of piperidine rings is 1. The number of carbonyl (C=O) groups is 1. The molecule has 1 aliphatic heterocycles. The molecule has 1 N–H and O–H groups in total. The van der Waals surface area contributed by atoms with Gasteiger partial charge in [-0.1, -0.05) is 0 Å². The molecule has 0 saturated carbocycles. The van der Waals surface area contributed by atoms with Gasteiger partial charge in [-0.25, -0.2) is 9.78 Å². The Balaban J connectivity index is 2.37. The third-order valence-electron chi connectivity index (χ3n) is 3.16. The maximum atomic E-state index is 11.4. The third kappa shape index (κ3) is 2.85. The van der Waals surface area contributed by atoms with Crippen molar-refractivity contribution in [3.05, 3.63) is 27.9 Å². The highest BCUT2D eigenvalue weighted by Crippen LogP contribution is 2.29. The molecule has 0 amide bonds. The van der Waals surface area contributed by atoms with Crippen LogP contribution in [0.25, 0.3) is 0 Å². The molecule has 8 nitrogen and oxygen atoms in total. The van der Waals surface area contributed by atoms with Crippen molar-refractivity contribution in [2.75, 3.05) is 25.1 Å². The first-order valence-electron chi connectivity index (χ1n) is 6.18. The van der Waals surface area contributed by atoms with Crippen molar-refractivity contribution < 1.29 is 19.6 Å². The van der Waals surface area contributed by atoms with Crippen molar-refractivity contribution >= 4 is 17.5 Å². The monoisotopic (exact) mass is 281 g/mol. The van der Waals surface area contributed by atoms with Gasteiger partial charge in [0.25, 0.3) is 0 Å². The molecule has 0 spiro atoms. The number of hydrogen-bond acceptors (Lipinski definition) is 7. The second-order valence-corrected chi connectivity index (χ2v) is 4.56. The van der Waals surface area contributed by atoms with Gasteiger partial charge in [0.2, 0.25) is 5.82 Å². The fourth-order valence-electron chi connectivity index (χ4n) is 2.20. The number of aliphatic hydroxyl groups excluding tert-OH is 1. The Morgan fingerprint density at radius 2 is 2.40 bits per heavy atom. The smallest absolute Gasteiger partial charge is 0.339 e. The summed E-state index contributed by atoms with van der Waals surface area (Å²) in [6.45, 7) is 0.883. The molecule has 8 heteroatoms. The van der Waals surface area contributed by atoms with E-state index in [4.69, 9.17) is 0 Å². The Labute approximate surface area is 115 Å². The Bertz CT molecular complexity index is 534. The topological polar surface area (TPSA) is 106 Å². The van der Waals surface area contributed by atoms with Crippen LogP contribution in [0.5, 0.6) is 0 Å². The second-order valence-electron chi connectivity index (χ2n) is 4.56. The molecule has 108 valence electrons. The SMILES string of the molecule is COC(=O)c1cnc(N2CCCC(O)C2)c([N+](=O)[O-])c1. The van der Waals surface area contributed by atoms with E-state index in [1.807, 2.05) is 0 Å². The Morgan fingerprint density at radius 3 is 3.00 bits per heavy atom. The van der Waals surface area contributed by atoms with Crippen LogP contribution in [-0.2, 0) is 4.74 Å². The van der Waals surface area contributed by atoms with E-state index in [9.17, 15) is 20.0 Å². The first-order chi connectivity index (χ1) is 9.52. The lowest BCUT2D eigenvalue weighted by atomic mass is 10.1. The lowest BCUT2D eigenvalue weighted by Gasteiger charge is -2.30. The van der Waals surface area contributed by atoms with Gasteiger partial charge in [-0.15, -0.1) is 0 Å². The van der Waals surface area contributed by atoms with Crippen molar-refractivity contribution in [2.24, 2.45) is 0 Å². The normalized spacial score (nSPS) is 18.7. The van der Waals surface area contributed by atoms with E-state index in [1.54, 1.807) is 4.90 Å². The van der Waals surface area contributed by atoms with Crippen molar-refractivity contribution in [3.8, 4) is 0 Å². The second kappa shape index (κ2) is 5.83. The summed E-state index contributed by atoms with van der Waals surface area (Å²) in [5.41, 5.74) is -0.234. The van der Waals surface area contributed by atoms with Crippen LogP contribution in [0.1, 0.15) is 23.2 Å². The van der Waals surface area contributed by atoms with E-state index in [-0.39, 0.29) is 17.1 Å². The molecule has 1 aromatic heterocycles. The average molecular weight is 281 g/mol. The maximum Gasteiger partial charge on any atom is 0.339 e. The highest BCUT2D eigenvalue weighted by molar-refractivity contribution is 5.90. The molecule has 1 aliphatic rings. The molecule has 2 heterocycles. The van der Waals surface area contributed by atoms with Crippen LogP contribution in [0.4, 0.5) is 11.5 Å². The van der Waals surface area contributed by atoms with E-state index >= 15 is 0 Å². The fourth-order valence-corrected chi connectivity index (χ4v) is 2.20. The van der Waals surface area contributed by atoms with Gasteiger partial charge < -0.3 is 14.7 Å². The average Bonchev–Trinajstić information content (AvgIpc) is 2.45. The summed E-state index contributed by atoms with van der Waals surface area (Å²) in [5, 5.41) is 20.8. The van der Waals surface area contributed by atoms with Gasteiger partial charge in [0.15, 0.2) is 0 Å². The fraction of sp³-hybridized carbons (Fsp3) is 0.500. The first kappa shape index (κ1) is 14.2. The lowest BCUT2D eigenvalue weighted by molar-refractivity contribution is -0.384. The van der Waals surface area contributed by atoms with E-state index < -0.39 is 17.0 Å². The first-order valence-corrected chi connectivity index (χ1v) is 6.18. The minimum absolute atomic E-state index is 0.0282. The molecule has 2 rings (SSSR count). The number of nitro groups is 1. The molecule has 0 bridgehead atoms. The summed E-state index contributed by atoms with van der Waals surface area (Å²) >= 11 is 0. The number of carbonyl (C=O) groups excluding carboxylic acids is 1. The quantitative estimate of drug-likeness (QED) is 0.494. The van der Waals surface area contributed by atoms with Gasteiger partial charge in [0.05, 0.1) is 23.7 Å². The molecule has 1 aromatic rings. The lowest BCUT2D eigenvalue weighted by Crippen LogP contribution is -2.39. The van der Waals surface area contributed by atoms with Crippen LogP contribution in [0.15, 0.2) is 12.3 Å². The molecule has 1 atom stereocenters. The Hall–Kier alpha value is -2.22. The van der Waals surface area contributed by atoms with E-state index in [2.05, 4.69) is 9.72 Å². The number of β-amino-alcohol motifs (C(OH)–C–C–N with tert-alkyl or cyclic N) is 1. The maximum absolute atomic E-state index is 11.4.